The number of likely N-dealkylation sites (N-methyl/N-ethyl adjacent to an activating group) is 1. The molecule has 0 spiro atoms. The standard InChI is InChI=1S/C23H27N5O/c1-18-17-21(22(29)25-13-6-9-19-7-4-3-5-8-19)27-23(26-18)28(2)16-12-20-10-14-24-15-11-20/h3-5,7-8,10-11,14-15,17H,6,9,12-13,16H2,1-2H3,(H,25,29). The molecule has 0 radical (unpaired) electrons. The Bertz CT molecular complexity index is 915. The molecule has 0 aliphatic carbocycles. The first-order chi connectivity index (χ1) is 14.1. The number of rotatable bonds is 9. The van der Waals surface area contributed by atoms with Crippen LogP contribution in [0.3, 0.4) is 0 Å². The minimum atomic E-state index is -0.160. The lowest BCUT2D eigenvalue weighted by atomic mass is 10.1. The highest BCUT2D eigenvalue weighted by atomic mass is 16.1. The number of nitrogens with one attached hydrogen (secondary N) is 1. The molecular formula is C23H27N5O. The van der Waals surface area contributed by atoms with Gasteiger partial charge in [-0.15, -0.1) is 0 Å². The van der Waals surface area contributed by atoms with Crippen LogP contribution in [0.15, 0.2) is 60.9 Å². The zero-order valence-corrected chi connectivity index (χ0v) is 17.0. The fourth-order valence-corrected chi connectivity index (χ4v) is 3.02. The molecule has 0 fully saturated rings. The van der Waals surface area contributed by atoms with Gasteiger partial charge in [-0.2, -0.15) is 0 Å². The Morgan fingerprint density at radius 1 is 1.00 bits per heavy atom. The Morgan fingerprint density at radius 2 is 1.72 bits per heavy atom. The van der Waals surface area contributed by atoms with E-state index in [1.807, 2.05) is 49.2 Å². The molecule has 3 aromatic rings. The molecule has 0 atom stereocenters. The van der Waals surface area contributed by atoms with Crippen LogP contribution < -0.4 is 10.2 Å². The Kier molecular flexibility index (Phi) is 7.28. The second-order valence-corrected chi connectivity index (χ2v) is 7.07. The molecule has 0 saturated heterocycles. The number of aryl methyl sites for hydroxylation is 2. The van der Waals surface area contributed by atoms with E-state index in [1.165, 1.54) is 11.1 Å². The predicted molar refractivity (Wildman–Crippen MR) is 115 cm³/mol. The fourth-order valence-electron chi connectivity index (χ4n) is 3.02. The van der Waals surface area contributed by atoms with Crippen LogP contribution in [0.25, 0.3) is 0 Å². The molecule has 2 aromatic heterocycles. The SMILES string of the molecule is Cc1cc(C(=O)NCCCc2ccccc2)nc(N(C)CCc2ccncc2)n1. The van der Waals surface area contributed by atoms with E-state index >= 15 is 0 Å². The van der Waals surface area contributed by atoms with E-state index in [0.717, 1.165) is 31.5 Å². The van der Waals surface area contributed by atoms with Gasteiger partial charge in [-0.3, -0.25) is 9.78 Å². The summed E-state index contributed by atoms with van der Waals surface area (Å²) in [5.41, 5.74) is 3.66. The normalized spacial score (nSPS) is 10.6. The summed E-state index contributed by atoms with van der Waals surface area (Å²) in [6.07, 6.45) is 6.26. The molecule has 29 heavy (non-hydrogen) atoms. The van der Waals surface area contributed by atoms with E-state index in [4.69, 9.17) is 0 Å². The quantitative estimate of drug-likeness (QED) is 0.569. The van der Waals surface area contributed by atoms with Crippen LogP contribution >= 0.6 is 0 Å². The van der Waals surface area contributed by atoms with Crippen molar-refractivity contribution in [1.82, 2.24) is 20.3 Å². The second kappa shape index (κ2) is 10.3. The molecule has 150 valence electrons. The van der Waals surface area contributed by atoms with Gasteiger partial charge in [0.15, 0.2) is 0 Å². The van der Waals surface area contributed by atoms with Crippen molar-refractivity contribution in [2.45, 2.75) is 26.2 Å². The van der Waals surface area contributed by atoms with Crippen molar-refractivity contribution in [3.63, 3.8) is 0 Å². The maximum Gasteiger partial charge on any atom is 0.270 e. The number of nitrogens with zero attached hydrogens (tertiary/aromatic N) is 4. The Morgan fingerprint density at radius 3 is 2.48 bits per heavy atom. The number of pyridine rings is 1. The molecule has 0 aliphatic rings. The van der Waals surface area contributed by atoms with Gasteiger partial charge in [-0.1, -0.05) is 30.3 Å². The van der Waals surface area contributed by atoms with E-state index in [0.29, 0.717) is 18.2 Å². The summed E-state index contributed by atoms with van der Waals surface area (Å²) in [4.78, 5) is 27.5. The summed E-state index contributed by atoms with van der Waals surface area (Å²) in [6.45, 7) is 3.25. The molecule has 6 heteroatoms. The average Bonchev–Trinajstić information content (AvgIpc) is 2.76. The first-order valence-electron chi connectivity index (χ1n) is 9.89. The summed E-state index contributed by atoms with van der Waals surface area (Å²) in [6, 6.07) is 16.0. The van der Waals surface area contributed by atoms with E-state index in [9.17, 15) is 4.79 Å². The van der Waals surface area contributed by atoms with Gasteiger partial charge in [0.05, 0.1) is 0 Å². The van der Waals surface area contributed by atoms with Gasteiger partial charge in [0, 0.05) is 38.2 Å². The predicted octanol–water partition coefficient (Wildman–Crippen LogP) is 3.22. The largest absolute Gasteiger partial charge is 0.351 e. The van der Waals surface area contributed by atoms with Gasteiger partial charge in [0.25, 0.3) is 5.91 Å². The number of carbonyl (C=O) groups is 1. The van der Waals surface area contributed by atoms with Crippen molar-refractivity contribution in [3.05, 3.63) is 83.4 Å². The van der Waals surface area contributed by atoms with Crippen molar-refractivity contribution in [2.75, 3.05) is 25.0 Å². The summed E-state index contributed by atoms with van der Waals surface area (Å²) < 4.78 is 0. The van der Waals surface area contributed by atoms with E-state index < -0.39 is 0 Å². The van der Waals surface area contributed by atoms with E-state index in [1.54, 1.807) is 18.5 Å². The lowest BCUT2D eigenvalue weighted by Crippen LogP contribution is -2.28. The maximum atomic E-state index is 12.5. The number of benzene rings is 1. The Hall–Kier alpha value is -3.28. The number of anilines is 1. The molecule has 6 nitrogen and oxygen atoms in total. The topological polar surface area (TPSA) is 71.0 Å². The number of aromatic nitrogens is 3. The molecule has 1 aromatic carbocycles. The van der Waals surface area contributed by atoms with Crippen molar-refractivity contribution >= 4 is 11.9 Å². The maximum absolute atomic E-state index is 12.5. The first-order valence-corrected chi connectivity index (χ1v) is 9.89. The van der Waals surface area contributed by atoms with Gasteiger partial charge in [-0.05, 0) is 55.5 Å². The minimum Gasteiger partial charge on any atom is -0.351 e. The third-order valence-corrected chi connectivity index (χ3v) is 4.67. The van der Waals surface area contributed by atoms with Crippen LogP contribution in [-0.2, 0) is 12.8 Å². The fraction of sp³-hybridized carbons (Fsp3) is 0.304. The monoisotopic (exact) mass is 389 g/mol. The van der Waals surface area contributed by atoms with Crippen LogP contribution in [0.4, 0.5) is 5.95 Å². The third-order valence-electron chi connectivity index (χ3n) is 4.67. The molecule has 0 saturated carbocycles. The van der Waals surface area contributed by atoms with Gasteiger partial charge in [0.1, 0.15) is 5.69 Å². The van der Waals surface area contributed by atoms with Crippen LogP contribution in [-0.4, -0.2) is 41.0 Å². The summed E-state index contributed by atoms with van der Waals surface area (Å²) in [5.74, 6) is 0.404. The van der Waals surface area contributed by atoms with Crippen LogP contribution in [0, 0.1) is 6.92 Å². The second-order valence-electron chi connectivity index (χ2n) is 7.07. The van der Waals surface area contributed by atoms with Gasteiger partial charge >= 0.3 is 0 Å². The Labute approximate surface area is 172 Å². The molecule has 2 heterocycles. The summed E-state index contributed by atoms with van der Waals surface area (Å²) >= 11 is 0. The van der Waals surface area contributed by atoms with Crippen LogP contribution in [0.2, 0.25) is 0 Å². The number of hydrogen-bond acceptors (Lipinski definition) is 5. The molecule has 1 N–H and O–H groups in total. The van der Waals surface area contributed by atoms with E-state index in [-0.39, 0.29) is 5.91 Å². The van der Waals surface area contributed by atoms with Crippen molar-refractivity contribution in [1.29, 1.82) is 0 Å². The van der Waals surface area contributed by atoms with Crippen molar-refractivity contribution in [3.8, 4) is 0 Å². The number of amides is 1. The van der Waals surface area contributed by atoms with Gasteiger partial charge in [-0.25, -0.2) is 9.97 Å². The smallest absolute Gasteiger partial charge is 0.270 e. The molecule has 0 aliphatic heterocycles. The highest BCUT2D eigenvalue weighted by molar-refractivity contribution is 5.92. The highest BCUT2D eigenvalue weighted by Crippen LogP contribution is 2.10. The van der Waals surface area contributed by atoms with Crippen LogP contribution in [0.5, 0.6) is 0 Å². The zero-order valence-electron chi connectivity index (χ0n) is 17.0. The number of carbonyl (C=O) groups excluding carboxylic acids is 1. The number of hydrogen-bond donors (Lipinski definition) is 1. The molecule has 1 amide bonds. The zero-order chi connectivity index (χ0) is 20.5. The first kappa shape index (κ1) is 20.5. The Balaban J connectivity index is 1.53. The highest BCUT2D eigenvalue weighted by Gasteiger charge is 2.13. The summed E-state index contributed by atoms with van der Waals surface area (Å²) in [5, 5.41) is 2.97. The lowest BCUT2D eigenvalue weighted by Gasteiger charge is -2.18. The minimum absolute atomic E-state index is 0.160. The van der Waals surface area contributed by atoms with E-state index in [2.05, 4.69) is 32.4 Å². The van der Waals surface area contributed by atoms with Gasteiger partial charge in [0.2, 0.25) is 5.95 Å². The summed E-state index contributed by atoms with van der Waals surface area (Å²) in [7, 11) is 1.94. The third kappa shape index (κ3) is 6.38. The lowest BCUT2D eigenvalue weighted by molar-refractivity contribution is 0.0948. The molecule has 0 bridgehead atoms. The van der Waals surface area contributed by atoms with Crippen molar-refractivity contribution in [2.24, 2.45) is 0 Å². The molecule has 0 unspecified atom stereocenters. The van der Waals surface area contributed by atoms with Crippen LogP contribution in [0.1, 0.15) is 33.7 Å². The van der Waals surface area contributed by atoms with Gasteiger partial charge < -0.3 is 10.2 Å². The molecule has 3 rings (SSSR count). The molecular weight excluding hydrogens is 362 g/mol. The van der Waals surface area contributed by atoms with Crippen molar-refractivity contribution < 1.29 is 4.79 Å². The average molecular weight is 390 g/mol.